The first-order valence-electron chi connectivity index (χ1n) is 7.54. The minimum Gasteiger partial charge on any atom is -0.508 e. The van der Waals surface area contributed by atoms with Gasteiger partial charge >= 0.3 is 0 Å². The average molecular weight is 277 g/mol. The van der Waals surface area contributed by atoms with Gasteiger partial charge in [-0.25, -0.2) is 0 Å². The van der Waals surface area contributed by atoms with Crippen LogP contribution in [-0.2, 0) is 0 Å². The molecule has 20 heavy (non-hydrogen) atoms. The summed E-state index contributed by atoms with van der Waals surface area (Å²) in [5.74, 6) is 1.05. The summed E-state index contributed by atoms with van der Waals surface area (Å²) in [7, 11) is 0. The van der Waals surface area contributed by atoms with E-state index in [1.54, 1.807) is 12.1 Å². The third kappa shape index (κ3) is 3.45. The van der Waals surface area contributed by atoms with Gasteiger partial charge in [0.1, 0.15) is 11.5 Å². The molecule has 1 saturated heterocycles. The molecule has 1 aliphatic heterocycles. The van der Waals surface area contributed by atoms with Crippen molar-refractivity contribution in [1.29, 1.82) is 0 Å². The minimum atomic E-state index is 0.136. The summed E-state index contributed by atoms with van der Waals surface area (Å²) in [6, 6.07) is 5.11. The van der Waals surface area contributed by atoms with Crippen molar-refractivity contribution in [1.82, 2.24) is 4.90 Å². The maximum Gasteiger partial charge on any atom is 0.119 e. The van der Waals surface area contributed by atoms with E-state index in [9.17, 15) is 10.2 Å². The number of benzene rings is 1. The Bertz CT molecular complexity index is 436. The second kappa shape index (κ2) is 5.65. The highest BCUT2D eigenvalue weighted by Crippen LogP contribution is 2.37. The Morgan fingerprint density at radius 1 is 1.05 bits per heavy atom. The smallest absolute Gasteiger partial charge is 0.119 e. The highest BCUT2D eigenvalue weighted by molar-refractivity contribution is 5.38. The summed E-state index contributed by atoms with van der Waals surface area (Å²) < 4.78 is 0. The zero-order chi connectivity index (χ0) is 14.9. The SMILES string of the molecule is CC(c1cc(O)cc(O)c1)N1CCC(C(C)(C)C)CC1. The zero-order valence-electron chi connectivity index (χ0n) is 13.1. The van der Waals surface area contributed by atoms with E-state index < -0.39 is 0 Å². The van der Waals surface area contributed by atoms with Crippen molar-refractivity contribution < 1.29 is 10.2 Å². The van der Waals surface area contributed by atoms with Crippen LogP contribution in [0.4, 0.5) is 0 Å². The van der Waals surface area contributed by atoms with Gasteiger partial charge in [-0.3, -0.25) is 4.90 Å². The van der Waals surface area contributed by atoms with Crippen LogP contribution in [0, 0.1) is 11.3 Å². The molecule has 0 saturated carbocycles. The number of phenolic OH excluding ortho intramolecular Hbond substituents is 2. The lowest BCUT2D eigenvalue weighted by Gasteiger charge is -2.41. The van der Waals surface area contributed by atoms with Gasteiger partial charge in [-0.1, -0.05) is 20.8 Å². The number of piperidine rings is 1. The Morgan fingerprint density at radius 2 is 1.55 bits per heavy atom. The Hall–Kier alpha value is -1.22. The molecule has 0 radical (unpaired) electrons. The van der Waals surface area contributed by atoms with Gasteiger partial charge in [-0.05, 0) is 61.9 Å². The summed E-state index contributed by atoms with van der Waals surface area (Å²) >= 11 is 0. The van der Waals surface area contributed by atoms with E-state index in [2.05, 4.69) is 32.6 Å². The molecule has 0 spiro atoms. The second-order valence-corrected chi connectivity index (χ2v) is 7.13. The summed E-state index contributed by atoms with van der Waals surface area (Å²) in [6.07, 6.45) is 2.44. The van der Waals surface area contributed by atoms with Crippen LogP contribution in [0.2, 0.25) is 0 Å². The quantitative estimate of drug-likeness (QED) is 0.861. The molecule has 1 aromatic rings. The summed E-state index contributed by atoms with van der Waals surface area (Å²) in [5.41, 5.74) is 1.37. The number of hydrogen-bond acceptors (Lipinski definition) is 3. The number of nitrogens with zero attached hydrogens (tertiary/aromatic N) is 1. The topological polar surface area (TPSA) is 43.7 Å². The average Bonchev–Trinajstić information content (AvgIpc) is 2.36. The Kier molecular flexibility index (Phi) is 4.28. The van der Waals surface area contributed by atoms with Crippen LogP contribution in [0.25, 0.3) is 0 Å². The first-order valence-corrected chi connectivity index (χ1v) is 7.54. The van der Waals surface area contributed by atoms with Gasteiger partial charge in [0.25, 0.3) is 0 Å². The molecular formula is C17H27NO2. The molecule has 1 aliphatic rings. The van der Waals surface area contributed by atoms with Crippen molar-refractivity contribution in [3.63, 3.8) is 0 Å². The molecule has 0 bridgehead atoms. The molecule has 2 N–H and O–H groups in total. The number of hydrogen-bond donors (Lipinski definition) is 2. The normalized spacial score (nSPS) is 20.0. The van der Waals surface area contributed by atoms with Crippen LogP contribution in [0.3, 0.4) is 0 Å². The van der Waals surface area contributed by atoms with Gasteiger partial charge in [-0.15, -0.1) is 0 Å². The minimum absolute atomic E-state index is 0.136. The van der Waals surface area contributed by atoms with Crippen LogP contribution in [0.5, 0.6) is 11.5 Å². The molecule has 1 aromatic carbocycles. The highest BCUT2D eigenvalue weighted by Gasteiger charge is 2.30. The lowest BCUT2D eigenvalue weighted by atomic mass is 9.75. The van der Waals surface area contributed by atoms with Gasteiger partial charge in [-0.2, -0.15) is 0 Å². The Morgan fingerprint density at radius 3 is 2.00 bits per heavy atom. The monoisotopic (exact) mass is 277 g/mol. The molecule has 2 rings (SSSR count). The first kappa shape index (κ1) is 15.2. The standard InChI is InChI=1S/C17H27NO2/c1-12(13-9-15(19)11-16(20)10-13)18-7-5-14(6-8-18)17(2,3)4/h9-12,14,19-20H,5-8H2,1-4H3. The zero-order valence-corrected chi connectivity index (χ0v) is 13.1. The molecule has 3 heteroatoms. The number of rotatable bonds is 2. The lowest BCUT2D eigenvalue weighted by molar-refractivity contribution is 0.0876. The van der Waals surface area contributed by atoms with E-state index in [0.29, 0.717) is 5.41 Å². The van der Waals surface area contributed by atoms with Crippen LogP contribution < -0.4 is 0 Å². The third-order valence-corrected chi connectivity index (χ3v) is 4.71. The van der Waals surface area contributed by atoms with E-state index in [1.807, 2.05) is 0 Å². The van der Waals surface area contributed by atoms with Crippen LogP contribution >= 0.6 is 0 Å². The van der Waals surface area contributed by atoms with Crippen molar-refractivity contribution in [2.24, 2.45) is 11.3 Å². The summed E-state index contributed by atoms with van der Waals surface area (Å²) in [4.78, 5) is 2.44. The highest BCUT2D eigenvalue weighted by atomic mass is 16.3. The molecule has 3 nitrogen and oxygen atoms in total. The number of phenols is 2. The van der Waals surface area contributed by atoms with E-state index in [1.165, 1.54) is 18.9 Å². The number of likely N-dealkylation sites (tertiary alicyclic amines) is 1. The fourth-order valence-electron chi connectivity index (χ4n) is 3.22. The number of aromatic hydroxyl groups is 2. The van der Waals surface area contributed by atoms with Gasteiger partial charge < -0.3 is 10.2 Å². The van der Waals surface area contributed by atoms with Crippen molar-refractivity contribution in [3.8, 4) is 11.5 Å². The molecule has 1 heterocycles. The molecule has 1 atom stereocenters. The third-order valence-electron chi connectivity index (χ3n) is 4.71. The summed E-state index contributed by atoms with van der Waals surface area (Å²) in [6.45, 7) is 11.3. The van der Waals surface area contributed by atoms with E-state index in [0.717, 1.165) is 24.6 Å². The largest absolute Gasteiger partial charge is 0.508 e. The fourth-order valence-corrected chi connectivity index (χ4v) is 3.22. The van der Waals surface area contributed by atoms with Crippen molar-refractivity contribution in [2.75, 3.05) is 13.1 Å². The van der Waals surface area contributed by atoms with Gasteiger partial charge in [0.2, 0.25) is 0 Å². The van der Waals surface area contributed by atoms with Gasteiger partial charge in [0, 0.05) is 12.1 Å². The lowest BCUT2D eigenvalue weighted by Crippen LogP contribution is -2.39. The first-order chi connectivity index (χ1) is 9.27. The molecule has 0 aromatic heterocycles. The van der Waals surface area contributed by atoms with Gasteiger partial charge in [0.05, 0.1) is 0 Å². The van der Waals surface area contributed by atoms with Crippen LogP contribution in [0.15, 0.2) is 18.2 Å². The maximum absolute atomic E-state index is 9.61. The molecule has 0 aliphatic carbocycles. The van der Waals surface area contributed by atoms with Crippen LogP contribution in [0.1, 0.15) is 52.1 Å². The molecule has 112 valence electrons. The molecule has 0 amide bonds. The van der Waals surface area contributed by atoms with Crippen molar-refractivity contribution in [3.05, 3.63) is 23.8 Å². The van der Waals surface area contributed by atoms with E-state index in [-0.39, 0.29) is 17.5 Å². The molecule has 1 unspecified atom stereocenters. The molecular weight excluding hydrogens is 250 g/mol. The Labute approximate surface area is 122 Å². The maximum atomic E-state index is 9.61. The predicted octanol–water partition coefficient (Wildman–Crippen LogP) is 3.92. The predicted molar refractivity (Wildman–Crippen MR) is 81.9 cm³/mol. The Balaban J connectivity index is 2.03. The second-order valence-electron chi connectivity index (χ2n) is 7.13. The van der Waals surface area contributed by atoms with Gasteiger partial charge in [0.15, 0.2) is 0 Å². The van der Waals surface area contributed by atoms with Crippen LogP contribution in [-0.4, -0.2) is 28.2 Å². The van der Waals surface area contributed by atoms with Crippen molar-refractivity contribution >= 4 is 0 Å². The van der Waals surface area contributed by atoms with Crippen molar-refractivity contribution in [2.45, 2.75) is 46.6 Å². The molecule has 1 fully saturated rings. The van der Waals surface area contributed by atoms with E-state index in [4.69, 9.17) is 0 Å². The van der Waals surface area contributed by atoms with E-state index >= 15 is 0 Å². The fraction of sp³-hybridized carbons (Fsp3) is 0.647. The summed E-state index contributed by atoms with van der Waals surface area (Å²) in [5, 5.41) is 19.2.